The van der Waals surface area contributed by atoms with E-state index in [2.05, 4.69) is 0 Å². The zero-order valence-electron chi connectivity index (χ0n) is 7.89. The van der Waals surface area contributed by atoms with E-state index in [-0.39, 0.29) is 6.10 Å². The van der Waals surface area contributed by atoms with Crippen molar-refractivity contribution in [2.24, 2.45) is 5.73 Å². The average molecular weight is 177 g/mol. The van der Waals surface area contributed by atoms with E-state index in [0.717, 1.165) is 10.2 Å². The minimum absolute atomic E-state index is 0.000818. The number of hydrogen-bond acceptors (Lipinski definition) is 3. The monoisotopic (exact) mass is 177 g/mol. The molecule has 2 unspecified atom stereocenters. The summed E-state index contributed by atoms with van der Waals surface area (Å²) in [6, 6.07) is 0. The molecule has 11 heavy (non-hydrogen) atoms. The van der Waals surface area contributed by atoms with E-state index < -0.39 is 5.35 Å². The van der Waals surface area contributed by atoms with Gasteiger partial charge in [-0.15, -0.1) is 0 Å². The maximum absolute atomic E-state index is 5.87. The first-order valence-corrected chi connectivity index (χ1v) is 5.09. The fourth-order valence-electron chi connectivity index (χ4n) is 0.844. The van der Waals surface area contributed by atoms with Crippen LogP contribution in [-0.4, -0.2) is 34.9 Å². The Morgan fingerprint density at radius 3 is 2.36 bits per heavy atom. The second-order valence-electron chi connectivity index (χ2n) is 2.71. The van der Waals surface area contributed by atoms with E-state index in [9.17, 15) is 0 Å². The third-order valence-electron chi connectivity index (χ3n) is 1.68. The summed E-state index contributed by atoms with van der Waals surface area (Å²) in [5.74, 6) is 0. The van der Waals surface area contributed by atoms with Gasteiger partial charge in [0, 0.05) is 13.2 Å². The van der Waals surface area contributed by atoms with Gasteiger partial charge in [0.2, 0.25) is 0 Å². The molecule has 0 saturated heterocycles. The lowest BCUT2D eigenvalue weighted by Gasteiger charge is -2.31. The summed E-state index contributed by atoms with van der Waals surface area (Å²) in [4.78, 5) is 0. The van der Waals surface area contributed by atoms with E-state index in [0.29, 0.717) is 13.2 Å². The van der Waals surface area contributed by atoms with Crippen molar-refractivity contribution in [3.8, 4) is 0 Å². The molecule has 0 rings (SSSR count). The molecule has 0 radical (unpaired) electrons. The molecule has 4 heteroatoms. The first-order chi connectivity index (χ1) is 5.04. The molecule has 0 bridgehead atoms. The first kappa shape index (κ1) is 11.1. The largest absolute Gasteiger partial charge is 0.375 e. The van der Waals surface area contributed by atoms with Crippen LogP contribution in [0.5, 0.6) is 0 Å². The Balaban J connectivity index is 3.83. The van der Waals surface area contributed by atoms with Crippen LogP contribution in [-0.2, 0) is 9.47 Å². The minimum Gasteiger partial charge on any atom is -0.375 e. The summed E-state index contributed by atoms with van der Waals surface area (Å²) >= 11 is 0. The molecule has 0 aliphatic carbocycles. The molecule has 0 aromatic carbocycles. The Kier molecular flexibility index (Phi) is 4.91. The standard InChI is InChI=1S/C7H19NO2Si/c1-4-9-6(3)7(8,11)10-5-2/h6H,4-5,8H2,1-3,11H3. The molecule has 3 nitrogen and oxygen atoms in total. The summed E-state index contributed by atoms with van der Waals surface area (Å²) < 4.78 is 10.7. The smallest absolute Gasteiger partial charge is 0.118 e. The van der Waals surface area contributed by atoms with Gasteiger partial charge in [-0.2, -0.15) is 0 Å². The van der Waals surface area contributed by atoms with Crippen LogP contribution in [0.1, 0.15) is 20.8 Å². The molecule has 0 aliphatic heterocycles. The Bertz CT molecular complexity index is 109. The van der Waals surface area contributed by atoms with E-state index in [1.807, 2.05) is 20.8 Å². The predicted octanol–water partition coefficient (Wildman–Crippen LogP) is -0.574. The minimum atomic E-state index is -0.523. The lowest BCUT2D eigenvalue weighted by molar-refractivity contribution is -0.0821. The van der Waals surface area contributed by atoms with E-state index in [4.69, 9.17) is 15.2 Å². The third kappa shape index (κ3) is 3.86. The second kappa shape index (κ2) is 4.87. The highest BCUT2D eigenvalue weighted by Crippen LogP contribution is 2.07. The van der Waals surface area contributed by atoms with Crippen LogP contribution in [0.4, 0.5) is 0 Å². The molecular weight excluding hydrogens is 158 g/mol. The third-order valence-corrected chi connectivity index (χ3v) is 2.78. The topological polar surface area (TPSA) is 44.5 Å². The van der Waals surface area contributed by atoms with Gasteiger partial charge in [-0.3, -0.25) is 0 Å². The van der Waals surface area contributed by atoms with Crippen LogP contribution >= 0.6 is 0 Å². The summed E-state index contributed by atoms with van der Waals surface area (Å²) in [7, 11) is 0.787. The first-order valence-electron chi connectivity index (χ1n) is 4.09. The molecule has 0 saturated carbocycles. The van der Waals surface area contributed by atoms with Gasteiger partial charge in [0.1, 0.15) is 5.35 Å². The number of rotatable bonds is 5. The highest BCUT2D eigenvalue weighted by Gasteiger charge is 2.26. The second-order valence-corrected chi connectivity index (χ2v) is 4.28. The Labute approximate surface area is 71.7 Å². The lowest BCUT2D eigenvalue weighted by atomic mass is 10.3. The van der Waals surface area contributed by atoms with Crippen molar-refractivity contribution < 1.29 is 9.47 Å². The van der Waals surface area contributed by atoms with Gasteiger partial charge in [-0.25, -0.2) is 0 Å². The molecule has 68 valence electrons. The lowest BCUT2D eigenvalue weighted by Crippen LogP contribution is -2.53. The molecule has 0 aliphatic rings. The Morgan fingerprint density at radius 1 is 1.45 bits per heavy atom. The molecule has 0 spiro atoms. The molecule has 2 N–H and O–H groups in total. The van der Waals surface area contributed by atoms with Crippen LogP contribution in [0.25, 0.3) is 0 Å². The van der Waals surface area contributed by atoms with Gasteiger partial charge < -0.3 is 15.2 Å². The van der Waals surface area contributed by atoms with Gasteiger partial charge in [0.05, 0.1) is 16.3 Å². The summed E-state index contributed by atoms with van der Waals surface area (Å²) in [6.45, 7) is 7.19. The maximum atomic E-state index is 5.87. The van der Waals surface area contributed by atoms with Crippen molar-refractivity contribution in [2.45, 2.75) is 32.2 Å². The average Bonchev–Trinajstić information content (AvgIpc) is 1.88. The van der Waals surface area contributed by atoms with Gasteiger partial charge in [0.25, 0.3) is 0 Å². The Morgan fingerprint density at radius 2 is 2.00 bits per heavy atom. The molecule has 0 amide bonds. The number of hydrogen-bond donors (Lipinski definition) is 1. The van der Waals surface area contributed by atoms with Crippen molar-refractivity contribution >= 4 is 10.2 Å². The zero-order valence-corrected chi connectivity index (χ0v) is 9.89. The summed E-state index contributed by atoms with van der Waals surface area (Å²) in [6.07, 6.45) is -0.000818. The van der Waals surface area contributed by atoms with Gasteiger partial charge in [-0.05, 0) is 20.8 Å². The number of ether oxygens (including phenoxy) is 2. The van der Waals surface area contributed by atoms with E-state index >= 15 is 0 Å². The fraction of sp³-hybridized carbons (Fsp3) is 1.00. The fourth-order valence-corrected chi connectivity index (χ4v) is 1.30. The van der Waals surface area contributed by atoms with Crippen LogP contribution in [0.3, 0.4) is 0 Å². The zero-order chi connectivity index (χ0) is 8.91. The van der Waals surface area contributed by atoms with E-state index in [1.165, 1.54) is 0 Å². The van der Waals surface area contributed by atoms with Crippen LogP contribution in [0.15, 0.2) is 0 Å². The van der Waals surface area contributed by atoms with Gasteiger partial charge in [0.15, 0.2) is 0 Å². The van der Waals surface area contributed by atoms with Crippen LogP contribution < -0.4 is 5.73 Å². The van der Waals surface area contributed by atoms with E-state index in [1.54, 1.807) is 0 Å². The molecular formula is C7H19NO2Si. The van der Waals surface area contributed by atoms with Gasteiger partial charge in [-0.1, -0.05) is 0 Å². The predicted molar refractivity (Wildman–Crippen MR) is 49.6 cm³/mol. The SMILES string of the molecule is CCOC(C)C(N)([SiH3])OCC. The van der Waals surface area contributed by atoms with Crippen LogP contribution in [0.2, 0.25) is 0 Å². The van der Waals surface area contributed by atoms with Crippen molar-refractivity contribution in [2.75, 3.05) is 13.2 Å². The molecule has 0 aromatic rings. The molecule has 2 atom stereocenters. The molecule has 0 fully saturated rings. The van der Waals surface area contributed by atoms with Crippen molar-refractivity contribution in [1.29, 1.82) is 0 Å². The van der Waals surface area contributed by atoms with Crippen LogP contribution in [0, 0.1) is 0 Å². The van der Waals surface area contributed by atoms with Gasteiger partial charge >= 0.3 is 0 Å². The highest BCUT2D eigenvalue weighted by molar-refractivity contribution is 6.14. The quantitative estimate of drug-likeness (QED) is 0.452. The van der Waals surface area contributed by atoms with Crippen molar-refractivity contribution in [3.63, 3.8) is 0 Å². The highest BCUT2D eigenvalue weighted by atomic mass is 28.1. The molecule has 0 aromatic heterocycles. The normalized spacial score (nSPS) is 19.6. The van der Waals surface area contributed by atoms with Crippen molar-refractivity contribution in [3.05, 3.63) is 0 Å². The summed E-state index contributed by atoms with van der Waals surface area (Å²) in [5, 5.41) is -0.523. The maximum Gasteiger partial charge on any atom is 0.118 e. The Hall–Kier alpha value is 0.0969. The number of nitrogens with two attached hydrogens (primary N) is 1. The molecule has 0 heterocycles. The summed E-state index contributed by atoms with van der Waals surface area (Å²) in [5.41, 5.74) is 5.87. The van der Waals surface area contributed by atoms with Crippen molar-refractivity contribution in [1.82, 2.24) is 0 Å².